The molecule has 0 amide bonds. The van der Waals surface area contributed by atoms with Gasteiger partial charge in [-0.1, -0.05) is 30.3 Å². The smallest absolute Gasteiger partial charge is 0.147 e. The highest BCUT2D eigenvalue weighted by Gasteiger charge is 1.92. The van der Waals surface area contributed by atoms with Gasteiger partial charge < -0.3 is 9.84 Å². The molecule has 1 heterocycles. The average Bonchev–Trinajstić information content (AvgIpc) is 2.72. The molecule has 0 saturated carbocycles. The molecular weight excluding hydrogens is 200 g/mol. The Bertz CT molecular complexity index is 460. The molecule has 2 aromatic rings. The van der Waals surface area contributed by atoms with E-state index in [2.05, 4.69) is 22.7 Å². The third-order valence-electron chi connectivity index (χ3n) is 2.17. The molecular formula is C13H14N2O. The van der Waals surface area contributed by atoms with Gasteiger partial charge in [-0.15, -0.1) is 0 Å². The van der Waals surface area contributed by atoms with Gasteiger partial charge in [-0.2, -0.15) is 5.10 Å². The molecule has 0 fully saturated rings. The van der Waals surface area contributed by atoms with Crippen LogP contribution in [0.1, 0.15) is 17.1 Å². The minimum absolute atomic E-state index is 0.719. The molecule has 0 unspecified atom stereocenters. The van der Waals surface area contributed by atoms with Crippen molar-refractivity contribution in [1.82, 2.24) is 5.43 Å². The van der Waals surface area contributed by atoms with E-state index in [4.69, 9.17) is 4.42 Å². The standard InChI is InChI=1S/C13H14N2O/c1-11-7-8-13(16-11)10-15-14-9-12-5-3-2-4-6-12/h2-8,10,14H,9H2,1H3/b15-10+. The molecule has 1 aromatic heterocycles. The molecule has 1 N–H and O–H groups in total. The summed E-state index contributed by atoms with van der Waals surface area (Å²) < 4.78 is 5.35. The van der Waals surface area contributed by atoms with Crippen molar-refractivity contribution in [2.45, 2.75) is 13.5 Å². The molecule has 16 heavy (non-hydrogen) atoms. The molecule has 0 atom stereocenters. The van der Waals surface area contributed by atoms with Crippen molar-refractivity contribution in [3.63, 3.8) is 0 Å². The van der Waals surface area contributed by atoms with Gasteiger partial charge in [-0.25, -0.2) is 0 Å². The van der Waals surface area contributed by atoms with Crippen LogP contribution in [0, 0.1) is 6.92 Å². The lowest BCUT2D eigenvalue weighted by Gasteiger charge is -1.98. The predicted octanol–water partition coefficient (Wildman–Crippen LogP) is 2.71. The Morgan fingerprint density at radius 2 is 2.00 bits per heavy atom. The zero-order valence-corrected chi connectivity index (χ0v) is 9.18. The van der Waals surface area contributed by atoms with E-state index in [1.807, 2.05) is 37.3 Å². The zero-order valence-electron chi connectivity index (χ0n) is 9.18. The van der Waals surface area contributed by atoms with Crippen molar-refractivity contribution >= 4 is 6.21 Å². The normalized spacial score (nSPS) is 10.8. The fraction of sp³-hybridized carbons (Fsp3) is 0.154. The number of nitrogens with zero attached hydrogens (tertiary/aromatic N) is 1. The number of hydrogen-bond donors (Lipinski definition) is 1. The number of furan rings is 1. The maximum atomic E-state index is 5.35. The van der Waals surface area contributed by atoms with Gasteiger partial charge in [0.1, 0.15) is 11.5 Å². The van der Waals surface area contributed by atoms with Crippen molar-refractivity contribution < 1.29 is 4.42 Å². The number of aryl methyl sites for hydroxylation is 1. The van der Waals surface area contributed by atoms with E-state index in [-0.39, 0.29) is 0 Å². The van der Waals surface area contributed by atoms with Crippen molar-refractivity contribution in [2.75, 3.05) is 0 Å². The average molecular weight is 214 g/mol. The van der Waals surface area contributed by atoms with Gasteiger partial charge in [-0.3, -0.25) is 0 Å². The summed E-state index contributed by atoms with van der Waals surface area (Å²) in [5.74, 6) is 1.66. The molecule has 0 aliphatic heterocycles. The molecule has 0 aliphatic rings. The summed E-state index contributed by atoms with van der Waals surface area (Å²) in [6.07, 6.45) is 1.68. The van der Waals surface area contributed by atoms with Gasteiger partial charge in [-0.05, 0) is 24.6 Å². The predicted molar refractivity (Wildman–Crippen MR) is 64.3 cm³/mol. The quantitative estimate of drug-likeness (QED) is 0.627. The van der Waals surface area contributed by atoms with Crippen molar-refractivity contribution in [3.05, 3.63) is 59.5 Å². The SMILES string of the molecule is Cc1ccc(/C=N/NCc2ccccc2)o1. The summed E-state index contributed by atoms with van der Waals surface area (Å²) in [7, 11) is 0. The van der Waals surface area contributed by atoms with Crippen molar-refractivity contribution in [2.24, 2.45) is 5.10 Å². The second-order valence-electron chi connectivity index (χ2n) is 3.53. The number of hydrazone groups is 1. The molecule has 0 aliphatic carbocycles. The monoisotopic (exact) mass is 214 g/mol. The molecule has 3 nitrogen and oxygen atoms in total. The van der Waals surface area contributed by atoms with Gasteiger partial charge in [0.05, 0.1) is 12.8 Å². The Hall–Kier alpha value is -2.03. The van der Waals surface area contributed by atoms with Crippen LogP contribution in [0.5, 0.6) is 0 Å². The van der Waals surface area contributed by atoms with E-state index in [1.54, 1.807) is 6.21 Å². The van der Waals surface area contributed by atoms with Gasteiger partial charge in [0.2, 0.25) is 0 Å². The first kappa shape index (κ1) is 10.5. The molecule has 82 valence electrons. The van der Waals surface area contributed by atoms with Crippen LogP contribution in [0.25, 0.3) is 0 Å². The van der Waals surface area contributed by atoms with Crippen molar-refractivity contribution in [1.29, 1.82) is 0 Å². The first-order valence-corrected chi connectivity index (χ1v) is 5.21. The molecule has 3 heteroatoms. The second-order valence-corrected chi connectivity index (χ2v) is 3.53. The summed E-state index contributed by atoms with van der Waals surface area (Å²) in [5.41, 5.74) is 4.17. The summed E-state index contributed by atoms with van der Waals surface area (Å²) >= 11 is 0. The second kappa shape index (κ2) is 5.16. The van der Waals surface area contributed by atoms with Gasteiger partial charge in [0.15, 0.2) is 0 Å². The van der Waals surface area contributed by atoms with Crippen LogP contribution in [-0.2, 0) is 6.54 Å². The lowest BCUT2D eigenvalue weighted by molar-refractivity contribution is 0.527. The Morgan fingerprint density at radius 1 is 1.19 bits per heavy atom. The minimum atomic E-state index is 0.719. The Balaban J connectivity index is 1.82. The lowest BCUT2D eigenvalue weighted by Crippen LogP contribution is -2.04. The minimum Gasteiger partial charge on any atom is -0.460 e. The Labute approximate surface area is 94.8 Å². The highest BCUT2D eigenvalue weighted by molar-refractivity contribution is 5.75. The van der Waals surface area contributed by atoms with Gasteiger partial charge in [0.25, 0.3) is 0 Å². The summed E-state index contributed by atoms with van der Waals surface area (Å²) in [6, 6.07) is 13.9. The van der Waals surface area contributed by atoms with Crippen LogP contribution in [-0.4, -0.2) is 6.21 Å². The molecule has 0 bridgehead atoms. The molecule has 0 saturated heterocycles. The first-order valence-electron chi connectivity index (χ1n) is 5.21. The van der Waals surface area contributed by atoms with Crippen LogP contribution in [0.4, 0.5) is 0 Å². The maximum Gasteiger partial charge on any atom is 0.147 e. The Kier molecular flexibility index (Phi) is 3.38. The third-order valence-corrected chi connectivity index (χ3v) is 2.17. The fourth-order valence-corrected chi connectivity index (χ4v) is 1.36. The lowest BCUT2D eigenvalue weighted by atomic mass is 10.2. The number of nitrogens with one attached hydrogen (secondary N) is 1. The van der Waals surface area contributed by atoms with Crippen LogP contribution in [0.3, 0.4) is 0 Å². The molecule has 0 radical (unpaired) electrons. The topological polar surface area (TPSA) is 37.5 Å². The fourth-order valence-electron chi connectivity index (χ4n) is 1.36. The van der Waals surface area contributed by atoms with Crippen LogP contribution in [0.15, 0.2) is 52.0 Å². The van der Waals surface area contributed by atoms with Crippen LogP contribution in [0.2, 0.25) is 0 Å². The van der Waals surface area contributed by atoms with Crippen LogP contribution >= 0.6 is 0 Å². The van der Waals surface area contributed by atoms with E-state index in [1.165, 1.54) is 5.56 Å². The summed E-state index contributed by atoms with van der Waals surface area (Å²) in [5, 5.41) is 4.08. The molecule has 2 rings (SSSR count). The number of benzene rings is 1. The summed E-state index contributed by atoms with van der Waals surface area (Å²) in [6.45, 7) is 2.63. The molecule has 1 aromatic carbocycles. The highest BCUT2D eigenvalue weighted by atomic mass is 16.3. The maximum absolute atomic E-state index is 5.35. The Morgan fingerprint density at radius 3 is 2.69 bits per heavy atom. The third kappa shape index (κ3) is 2.98. The van der Waals surface area contributed by atoms with E-state index in [0.29, 0.717) is 0 Å². The van der Waals surface area contributed by atoms with Gasteiger partial charge >= 0.3 is 0 Å². The molecule has 0 spiro atoms. The first-order chi connectivity index (χ1) is 7.84. The summed E-state index contributed by atoms with van der Waals surface area (Å²) in [4.78, 5) is 0. The number of rotatable bonds is 4. The largest absolute Gasteiger partial charge is 0.460 e. The van der Waals surface area contributed by atoms with E-state index < -0.39 is 0 Å². The zero-order chi connectivity index (χ0) is 11.2. The number of hydrogen-bond acceptors (Lipinski definition) is 3. The van der Waals surface area contributed by atoms with Crippen molar-refractivity contribution in [3.8, 4) is 0 Å². The highest BCUT2D eigenvalue weighted by Crippen LogP contribution is 2.02. The van der Waals surface area contributed by atoms with E-state index in [9.17, 15) is 0 Å². The van der Waals surface area contributed by atoms with E-state index in [0.717, 1.165) is 18.1 Å². The van der Waals surface area contributed by atoms with E-state index >= 15 is 0 Å². The van der Waals surface area contributed by atoms with Crippen LogP contribution < -0.4 is 5.43 Å². The van der Waals surface area contributed by atoms with Gasteiger partial charge in [0, 0.05) is 0 Å².